The second-order valence-electron chi connectivity index (χ2n) is 4.00. The lowest BCUT2D eigenvalue weighted by Crippen LogP contribution is -2.13. The maximum absolute atomic E-state index is 12.2. The molecular formula is C13H7Br2ClN2O3. The van der Waals surface area contributed by atoms with Crippen LogP contribution in [0.15, 0.2) is 45.3 Å². The van der Waals surface area contributed by atoms with Gasteiger partial charge in [0, 0.05) is 26.1 Å². The number of rotatable bonds is 3. The van der Waals surface area contributed by atoms with E-state index in [9.17, 15) is 14.9 Å². The van der Waals surface area contributed by atoms with Gasteiger partial charge in [0.15, 0.2) is 0 Å². The number of carbonyl (C=O) groups is 1. The Hall–Kier alpha value is -1.44. The number of carbonyl (C=O) groups excluding carboxylic acids is 1. The van der Waals surface area contributed by atoms with Gasteiger partial charge in [-0.1, -0.05) is 11.6 Å². The average Bonchev–Trinajstić information content (AvgIpc) is 2.43. The van der Waals surface area contributed by atoms with Crippen molar-refractivity contribution in [3.63, 3.8) is 0 Å². The topological polar surface area (TPSA) is 72.2 Å². The molecule has 0 saturated heterocycles. The number of amides is 1. The van der Waals surface area contributed by atoms with Gasteiger partial charge in [0.25, 0.3) is 11.6 Å². The van der Waals surface area contributed by atoms with E-state index in [1.165, 1.54) is 24.3 Å². The first kappa shape index (κ1) is 15.9. The van der Waals surface area contributed by atoms with Crippen molar-refractivity contribution in [1.29, 1.82) is 0 Å². The molecule has 0 aliphatic carbocycles. The van der Waals surface area contributed by atoms with Crippen LogP contribution in [0.3, 0.4) is 0 Å². The van der Waals surface area contributed by atoms with Crippen LogP contribution in [0.2, 0.25) is 5.02 Å². The first-order chi connectivity index (χ1) is 9.88. The van der Waals surface area contributed by atoms with Gasteiger partial charge in [-0.15, -0.1) is 0 Å². The summed E-state index contributed by atoms with van der Waals surface area (Å²) >= 11 is 12.4. The monoisotopic (exact) mass is 432 g/mol. The number of halogens is 3. The first-order valence-electron chi connectivity index (χ1n) is 5.59. The predicted octanol–water partition coefficient (Wildman–Crippen LogP) is 5.03. The zero-order chi connectivity index (χ0) is 15.6. The molecule has 0 spiro atoms. The minimum atomic E-state index is -0.530. The van der Waals surface area contributed by atoms with E-state index in [0.29, 0.717) is 25.2 Å². The predicted molar refractivity (Wildman–Crippen MR) is 87.9 cm³/mol. The van der Waals surface area contributed by atoms with E-state index in [1.807, 2.05) is 0 Å². The molecule has 0 atom stereocenters. The van der Waals surface area contributed by atoms with Gasteiger partial charge < -0.3 is 5.32 Å². The van der Waals surface area contributed by atoms with Crippen LogP contribution in [0.1, 0.15) is 10.4 Å². The lowest BCUT2D eigenvalue weighted by molar-refractivity contribution is -0.384. The molecular weight excluding hydrogens is 427 g/mol. The maximum Gasteiger partial charge on any atom is 0.271 e. The summed E-state index contributed by atoms with van der Waals surface area (Å²) in [6.07, 6.45) is 0. The molecule has 1 amide bonds. The summed E-state index contributed by atoms with van der Waals surface area (Å²) in [7, 11) is 0. The Morgan fingerprint density at radius 3 is 2.48 bits per heavy atom. The van der Waals surface area contributed by atoms with E-state index >= 15 is 0 Å². The van der Waals surface area contributed by atoms with Crippen LogP contribution < -0.4 is 5.32 Å². The van der Waals surface area contributed by atoms with Crippen molar-refractivity contribution in [3.8, 4) is 0 Å². The minimum Gasteiger partial charge on any atom is -0.321 e. The van der Waals surface area contributed by atoms with Crippen molar-refractivity contribution < 1.29 is 9.72 Å². The summed E-state index contributed by atoms with van der Waals surface area (Å²) in [6.45, 7) is 0. The Bertz CT molecular complexity index is 737. The molecule has 0 saturated carbocycles. The molecule has 0 fully saturated rings. The standard InChI is InChI=1S/C13H7Br2ClN2O3/c14-10-3-1-7(16)5-9(10)13(19)17-12-6-8(18(20)21)2-4-11(12)15/h1-6H,(H,17,19). The van der Waals surface area contributed by atoms with Crippen molar-refractivity contribution in [2.75, 3.05) is 5.32 Å². The second kappa shape index (κ2) is 6.55. The molecule has 0 aliphatic heterocycles. The largest absolute Gasteiger partial charge is 0.321 e. The Kier molecular flexibility index (Phi) is 4.97. The van der Waals surface area contributed by atoms with E-state index in [-0.39, 0.29) is 5.69 Å². The van der Waals surface area contributed by atoms with Gasteiger partial charge in [-0.25, -0.2) is 0 Å². The molecule has 2 aromatic rings. The highest BCUT2D eigenvalue weighted by molar-refractivity contribution is 9.11. The van der Waals surface area contributed by atoms with E-state index in [2.05, 4.69) is 37.2 Å². The van der Waals surface area contributed by atoms with Crippen LogP contribution >= 0.6 is 43.5 Å². The zero-order valence-corrected chi connectivity index (χ0v) is 14.2. The fourth-order valence-electron chi connectivity index (χ4n) is 1.58. The van der Waals surface area contributed by atoms with Crippen molar-refractivity contribution in [2.24, 2.45) is 0 Å². The normalized spacial score (nSPS) is 10.2. The number of nitro benzene ring substituents is 1. The second-order valence-corrected chi connectivity index (χ2v) is 6.14. The molecule has 0 radical (unpaired) electrons. The number of benzene rings is 2. The third-order valence-electron chi connectivity index (χ3n) is 2.58. The van der Waals surface area contributed by atoms with E-state index in [0.717, 1.165) is 0 Å². The van der Waals surface area contributed by atoms with Gasteiger partial charge in [0.2, 0.25) is 0 Å². The summed E-state index contributed by atoms with van der Waals surface area (Å²) in [4.78, 5) is 22.5. The number of nitrogens with one attached hydrogen (secondary N) is 1. The molecule has 0 unspecified atom stereocenters. The summed E-state index contributed by atoms with van der Waals surface area (Å²) in [6, 6.07) is 8.92. The molecule has 5 nitrogen and oxygen atoms in total. The van der Waals surface area contributed by atoms with Crippen molar-refractivity contribution in [1.82, 2.24) is 0 Å². The summed E-state index contributed by atoms with van der Waals surface area (Å²) in [5.74, 6) is -0.425. The number of hydrogen-bond acceptors (Lipinski definition) is 3. The smallest absolute Gasteiger partial charge is 0.271 e. The van der Waals surface area contributed by atoms with Gasteiger partial charge >= 0.3 is 0 Å². The van der Waals surface area contributed by atoms with Crippen LogP contribution in [0.4, 0.5) is 11.4 Å². The lowest BCUT2D eigenvalue weighted by atomic mass is 10.2. The highest BCUT2D eigenvalue weighted by atomic mass is 79.9. The zero-order valence-electron chi connectivity index (χ0n) is 10.3. The highest BCUT2D eigenvalue weighted by Crippen LogP contribution is 2.29. The van der Waals surface area contributed by atoms with Crippen LogP contribution in [0.5, 0.6) is 0 Å². The molecule has 0 heterocycles. The number of non-ortho nitro benzene ring substituents is 1. The van der Waals surface area contributed by atoms with E-state index in [1.54, 1.807) is 12.1 Å². The Morgan fingerprint density at radius 2 is 1.81 bits per heavy atom. The average molecular weight is 434 g/mol. The lowest BCUT2D eigenvalue weighted by Gasteiger charge is -2.09. The van der Waals surface area contributed by atoms with Gasteiger partial charge in [0.05, 0.1) is 16.2 Å². The third kappa shape index (κ3) is 3.81. The minimum absolute atomic E-state index is 0.112. The Labute approximate surface area is 141 Å². The molecule has 21 heavy (non-hydrogen) atoms. The summed E-state index contributed by atoms with van der Waals surface area (Å²) in [5, 5.41) is 13.8. The van der Waals surface area contributed by atoms with Crippen LogP contribution in [0, 0.1) is 10.1 Å². The maximum atomic E-state index is 12.2. The molecule has 0 bridgehead atoms. The van der Waals surface area contributed by atoms with Crippen LogP contribution in [-0.4, -0.2) is 10.8 Å². The molecule has 0 aromatic heterocycles. The molecule has 2 aromatic carbocycles. The van der Waals surface area contributed by atoms with E-state index < -0.39 is 10.8 Å². The first-order valence-corrected chi connectivity index (χ1v) is 7.55. The molecule has 0 aliphatic rings. The highest BCUT2D eigenvalue weighted by Gasteiger charge is 2.15. The van der Waals surface area contributed by atoms with Crippen molar-refractivity contribution in [2.45, 2.75) is 0 Å². The summed E-state index contributed by atoms with van der Waals surface area (Å²) < 4.78 is 1.12. The van der Waals surface area contributed by atoms with Gasteiger partial charge in [0.1, 0.15) is 0 Å². The molecule has 2 rings (SSSR count). The van der Waals surface area contributed by atoms with E-state index in [4.69, 9.17) is 11.6 Å². The number of hydrogen-bond donors (Lipinski definition) is 1. The number of anilines is 1. The molecule has 1 N–H and O–H groups in total. The van der Waals surface area contributed by atoms with Crippen LogP contribution in [0.25, 0.3) is 0 Å². The number of nitro groups is 1. The van der Waals surface area contributed by atoms with Gasteiger partial charge in [-0.3, -0.25) is 14.9 Å². The summed E-state index contributed by atoms with van der Waals surface area (Å²) in [5.41, 5.74) is 0.528. The number of nitrogens with zero attached hydrogens (tertiary/aromatic N) is 1. The van der Waals surface area contributed by atoms with Crippen LogP contribution in [-0.2, 0) is 0 Å². The SMILES string of the molecule is O=C(Nc1cc([N+](=O)[O-])ccc1Br)c1cc(Cl)ccc1Br. The third-order valence-corrected chi connectivity index (χ3v) is 4.20. The molecule has 8 heteroatoms. The van der Waals surface area contributed by atoms with Crippen molar-refractivity contribution >= 4 is 60.7 Å². The fourth-order valence-corrected chi connectivity index (χ4v) is 2.53. The van der Waals surface area contributed by atoms with Gasteiger partial charge in [-0.2, -0.15) is 0 Å². The van der Waals surface area contributed by atoms with Gasteiger partial charge in [-0.05, 0) is 56.1 Å². The quantitative estimate of drug-likeness (QED) is 0.544. The van der Waals surface area contributed by atoms with Crippen molar-refractivity contribution in [3.05, 3.63) is 66.0 Å². The Morgan fingerprint density at radius 1 is 1.14 bits per heavy atom. The molecule has 108 valence electrons. The Balaban J connectivity index is 2.33. The fraction of sp³-hybridized carbons (Fsp3) is 0.